The van der Waals surface area contributed by atoms with Gasteiger partial charge in [0.25, 0.3) is 0 Å². The molecule has 0 aliphatic carbocycles. The van der Waals surface area contributed by atoms with Gasteiger partial charge in [0, 0.05) is 5.56 Å². The first-order valence-corrected chi connectivity index (χ1v) is 6.72. The molecule has 2 aromatic rings. The smallest absolute Gasteiger partial charge is 0.202 e. The van der Waals surface area contributed by atoms with Gasteiger partial charge in [-0.1, -0.05) is 6.07 Å². The van der Waals surface area contributed by atoms with Crippen molar-refractivity contribution >= 4 is 11.5 Å². The van der Waals surface area contributed by atoms with Gasteiger partial charge in [0.15, 0.2) is 6.10 Å². The lowest BCUT2D eigenvalue weighted by molar-refractivity contribution is 0.0819. The van der Waals surface area contributed by atoms with Gasteiger partial charge in [-0.25, -0.2) is 0 Å². The SMILES string of the molecule is COc1ccc(C(=O)C(C)Oc2ccc(C)cc2N)cc1. The normalized spacial score (nSPS) is 11.8. The van der Waals surface area contributed by atoms with Crippen molar-refractivity contribution in [3.8, 4) is 11.5 Å². The Bertz CT molecular complexity index is 635. The maximum Gasteiger partial charge on any atom is 0.202 e. The van der Waals surface area contributed by atoms with Crippen LogP contribution in [0.3, 0.4) is 0 Å². The van der Waals surface area contributed by atoms with Crippen molar-refractivity contribution in [1.29, 1.82) is 0 Å². The summed E-state index contributed by atoms with van der Waals surface area (Å²) in [5.41, 5.74) is 8.05. The Morgan fingerprint density at radius 2 is 1.81 bits per heavy atom. The van der Waals surface area contributed by atoms with E-state index in [4.69, 9.17) is 15.2 Å². The largest absolute Gasteiger partial charge is 0.497 e. The van der Waals surface area contributed by atoms with E-state index in [0.29, 0.717) is 22.7 Å². The van der Waals surface area contributed by atoms with Gasteiger partial charge in [-0.3, -0.25) is 4.79 Å². The van der Waals surface area contributed by atoms with Crippen molar-refractivity contribution in [3.05, 3.63) is 53.6 Å². The number of nitrogens with two attached hydrogens (primary N) is 1. The minimum absolute atomic E-state index is 0.0994. The van der Waals surface area contributed by atoms with Crippen molar-refractivity contribution in [1.82, 2.24) is 0 Å². The van der Waals surface area contributed by atoms with E-state index in [-0.39, 0.29) is 5.78 Å². The molecule has 2 aromatic carbocycles. The molecule has 0 fully saturated rings. The van der Waals surface area contributed by atoms with Gasteiger partial charge in [-0.05, 0) is 55.8 Å². The Hall–Kier alpha value is -2.49. The van der Waals surface area contributed by atoms with Crippen LogP contribution < -0.4 is 15.2 Å². The number of carbonyl (C=O) groups is 1. The molecule has 0 amide bonds. The maximum atomic E-state index is 12.3. The molecule has 1 unspecified atom stereocenters. The second-order valence-electron chi connectivity index (χ2n) is 4.89. The zero-order valence-electron chi connectivity index (χ0n) is 12.4. The Labute approximate surface area is 124 Å². The molecule has 0 aliphatic heterocycles. The van der Waals surface area contributed by atoms with Crippen LogP contribution in [0, 0.1) is 6.92 Å². The van der Waals surface area contributed by atoms with Crippen molar-refractivity contribution in [2.24, 2.45) is 0 Å². The average molecular weight is 285 g/mol. The number of aryl methyl sites for hydroxylation is 1. The van der Waals surface area contributed by atoms with E-state index in [1.807, 2.05) is 19.1 Å². The zero-order chi connectivity index (χ0) is 15.4. The third-order valence-corrected chi connectivity index (χ3v) is 3.21. The minimum Gasteiger partial charge on any atom is -0.497 e. The predicted molar refractivity (Wildman–Crippen MR) is 83.0 cm³/mol. The van der Waals surface area contributed by atoms with Crippen LogP contribution in [0.2, 0.25) is 0 Å². The third-order valence-electron chi connectivity index (χ3n) is 3.21. The summed E-state index contributed by atoms with van der Waals surface area (Å²) in [6.07, 6.45) is -0.608. The fourth-order valence-corrected chi connectivity index (χ4v) is 2.01. The average Bonchev–Trinajstić information content (AvgIpc) is 2.49. The molecule has 1 atom stereocenters. The molecule has 2 N–H and O–H groups in total. The first-order chi connectivity index (χ1) is 10.0. The van der Waals surface area contributed by atoms with Gasteiger partial charge in [0.1, 0.15) is 11.5 Å². The van der Waals surface area contributed by atoms with Gasteiger partial charge < -0.3 is 15.2 Å². The monoisotopic (exact) mass is 285 g/mol. The first kappa shape index (κ1) is 14.9. The molecule has 0 spiro atoms. The molecule has 0 saturated heterocycles. The molecule has 0 aromatic heterocycles. The van der Waals surface area contributed by atoms with E-state index in [2.05, 4.69) is 0 Å². The Balaban J connectivity index is 2.11. The highest BCUT2D eigenvalue weighted by Crippen LogP contribution is 2.24. The third kappa shape index (κ3) is 3.54. The molecule has 21 heavy (non-hydrogen) atoms. The Kier molecular flexibility index (Phi) is 4.48. The van der Waals surface area contributed by atoms with Crippen LogP contribution in [0.1, 0.15) is 22.8 Å². The number of nitrogen functional groups attached to an aromatic ring is 1. The van der Waals surface area contributed by atoms with Gasteiger partial charge in [0.05, 0.1) is 12.8 Å². The number of hydrogen-bond donors (Lipinski definition) is 1. The first-order valence-electron chi connectivity index (χ1n) is 6.72. The minimum atomic E-state index is -0.608. The number of rotatable bonds is 5. The van der Waals surface area contributed by atoms with Gasteiger partial charge in [0.2, 0.25) is 5.78 Å². The summed E-state index contributed by atoms with van der Waals surface area (Å²) >= 11 is 0. The van der Waals surface area contributed by atoms with Crippen LogP contribution in [0.5, 0.6) is 11.5 Å². The summed E-state index contributed by atoms with van der Waals surface area (Å²) in [5.74, 6) is 1.13. The number of Topliss-reactive ketones (excluding diaryl/α,β-unsaturated/α-hetero) is 1. The molecule has 0 aliphatic rings. The summed E-state index contributed by atoms with van der Waals surface area (Å²) in [7, 11) is 1.59. The van der Waals surface area contributed by atoms with Gasteiger partial charge in [-0.15, -0.1) is 0 Å². The molecule has 0 heterocycles. The van der Waals surface area contributed by atoms with Crippen molar-refractivity contribution in [2.75, 3.05) is 12.8 Å². The predicted octanol–water partition coefficient (Wildman–Crippen LogP) is 3.24. The number of ketones is 1. The Morgan fingerprint density at radius 3 is 2.38 bits per heavy atom. The quantitative estimate of drug-likeness (QED) is 0.676. The number of anilines is 1. The summed E-state index contributed by atoms with van der Waals surface area (Å²) in [6, 6.07) is 12.4. The number of carbonyl (C=O) groups excluding carboxylic acids is 1. The number of hydrogen-bond acceptors (Lipinski definition) is 4. The second-order valence-corrected chi connectivity index (χ2v) is 4.89. The molecule has 4 heteroatoms. The highest BCUT2D eigenvalue weighted by molar-refractivity contribution is 5.99. The lowest BCUT2D eigenvalue weighted by atomic mass is 10.1. The van der Waals surface area contributed by atoms with E-state index >= 15 is 0 Å². The molecular formula is C17H19NO3. The molecule has 4 nitrogen and oxygen atoms in total. The summed E-state index contributed by atoms with van der Waals surface area (Å²) in [6.45, 7) is 3.66. The summed E-state index contributed by atoms with van der Waals surface area (Å²) in [4.78, 5) is 12.3. The van der Waals surface area contributed by atoms with Gasteiger partial charge >= 0.3 is 0 Å². The number of benzene rings is 2. The van der Waals surface area contributed by atoms with Crippen LogP contribution in [0.15, 0.2) is 42.5 Å². The van der Waals surface area contributed by atoms with Crippen LogP contribution in [0.4, 0.5) is 5.69 Å². The van der Waals surface area contributed by atoms with E-state index < -0.39 is 6.10 Å². The Morgan fingerprint density at radius 1 is 1.14 bits per heavy atom. The van der Waals surface area contributed by atoms with E-state index in [0.717, 1.165) is 5.56 Å². The molecule has 0 radical (unpaired) electrons. The topological polar surface area (TPSA) is 61.5 Å². The van der Waals surface area contributed by atoms with Crippen LogP contribution in [-0.2, 0) is 0 Å². The van der Waals surface area contributed by atoms with Crippen LogP contribution >= 0.6 is 0 Å². The summed E-state index contributed by atoms with van der Waals surface area (Å²) in [5, 5.41) is 0. The second kappa shape index (κ2) is 6.31. The fourth-order valence-electron chi connectivity index (χ4n) is 2.01. The number of ether oxygens (including phenoxy) is 2. The van der Waals surface area contributed by atoms with Crippen LogP contribution in [0.25, 0.3) is 0 Å². The lowest BCUT2D eigenvalue weighted by Gasteiger charge is -2.15. The fraction of sp³-hybridized carbons (Fsp3) is 0.235. The van der Waals surface area contributed by atoms with Crippen molar-refractivity contribution in [3.63, 3.8) is 0 Å². The number of methoxy groups -OCH3 is 1. The lowest BCUT2D eigenvalue weighted by Crippen LogP contribution is -2.24. The maximum absolute atomic E-state index is 12.3. The van der Waals surface area contributed by atoms with Crippen LogP contribution in [-0.4, -0.2) is 19.0 Å². The van der Waals surface area contributed by atoms with Gasteiger partial charge in [-0.2, -0.15) is 0 Å². The van der Waals surface area contributed by atoms with Crippen molar-refractivity contribution in [2.45, 2.75) is 20.0 Å². The van der Waals surface area contributed by atoms with E-state index in [9.17, 15) is 4.79 Å². The molecule has 0 saturated carbocycles. The molecular weight excluding hydrogens is 266 g/mol. The molecule has 2 rings (SSSR count). The highest BCUT2D eigenvalue weighted by Gasteiger charge is 2.18. The van der Waals surface area contributed by atoms with E-state index in [1.165, 1.54) is 0 Å². The summed E-state index contributed by atoms with van der Waals surface area (Å²) < 4.78 is 10.7. The zero-order valence-corrected chi connectivity index (χ0v) is 12.4. The standard InChI is InChI=1S/C17H19NO3/c1-11-4-9-16(15(18)10-11)21-12(2)17(19)13-5-7-14(20-3)8-6-13/h4-10,12H,18H2,1-3H3. The molecule has 0 bridgehead atoms. The van der Waals surface area contributed by atoms with E-state index in [1.54, 1.807) is 44.4 Å². The molecule has 110 valence electrons. The highest BCUT2D eigenvalue weighted by atomic mass is 16.5. The van der Waals surface area contributed by atoms with Crippen molar-refractivity contribution < 1.29 is 14.3 Å².